The second-order valence-electron chi connectivity index (χ2n) is 13.8. The summed E-state index contributed by atoms with van der Waals surface area (Å²) in [6.07, 6.45) is 0. The van der Waals surface area contributed by atoms with Crippen LogP contribution in [0.25, 0.3) is 109 Å². The van der Waals surface area contributed by atoms with Crippen LogP contribution in [0, 0.1) is 6.57 Å². The van der Waals surface area contributed by atoms with Crippen molar-refractivity contribution in [3.05, 3.63) is 187 Å². The normalized spacial score (nSPS) is 11.8. The lowest BCUT2D eigenvalue weighted by Gasteiger charge is -2.19. The van der Waals surface area contributed by atoms with Crippen molar-refractivity contribution in [2.24, 2.45) is 0 Å². The summed E-state index contributed by atoms with van der Waals surface area (Å²) in [5, 5.41) is 10.8. The van der Waals surface area contributed by atoms with Crippen LogP contribution in [0.3, 0.4) is 0 Å². The zero-order chi connectivity index (χ0) is 35.0. The number of rotatable bonds is 3. The highest BCUT2D eigenvalue weighted by Gasteiger charge is 2.19. The van der Waals surface area contributed by atoms with Crippen LogP contribution in [0.4, 0.5) is 5.69 Å². The van der Waals surface area contributed by atoms with E-state index in [-0.39, 0.29) is 0 Å². The first kappa shape index (κ1) is 29.5. The van der Waals surface area contributed by atoms with Gasteiger partial charge in [-0.3, -0.25) is 4.40 Å². The van der Waals surface area contributed by atoms with E-state index in [1.807, 2.05) is 24.3 Å². The van der Waals surface area contributed by atoms with E-state index in [4.69, 9.17) is 11.6 Å². The number of nitrogens with zero attached hydrogens (tertiary/aromatic N) is 3. The quantitative estimate of drug-likeness (QED) is 0.104. The van der Waals surface area contributed by atoms with Gasteiger partial charge in [0.05, 0.1) is 17.6 Å². The maximum Gasteiger partial charge on any atom is 0.189 e. The molecule has 0 radical (unpaired) electrons. The first-order chi connectivity index (χ1) is 26.2. The number of fused-ring (bicyclic) bond motifs is 11. The van der Waals surface area contributed by atoms with Crippen molar-refractivity contribution < 1.29 is 0 Å². The SMILES string of the molecule is [C-]#[N+]c1ccc2c3cc(-c4cccc(-c5c6ccccc6c(-c6cccc7ccccc67)c6ccccc56)c4)ccc3c3nc4ccccc4n3c2c1. The maximum absolute atomic E-state index is 7.74. The van der Waals surface area contributed by atoms with E-state index < -0.39 is 0 Å². The predicted octanol–water partition coefficient (Wildman–Crippen LogP) is 13.8. The van der Waals surface area contributed by atoms with Gasteiger partial charge in [-0.15, -0.1) is 0 Å². The summed E-state index contributed by atoms with van der Waals surface area (Å²) in [6.45, 7) is 7.74. The number of imidazole rings is 1. The largest absolute Gasteiger partial charge is 0.293 e. The van der Waals surface area contributed by atoms with Crippen LogP contribution in [-0.4, -0.2) is 9.38 Å². The highest BCUT2D eigenvalue weighted by molar-refractivity contribution is 6.23. The van der Waals surface area contributed by atoms with Gasteiger partial charge in [-0.2, -0.15) is 0 Å². The third kappa shape index (κ3) is 4.37. The van der Waals surface area contributed by atoms with E-state index in [9.17, 15) is 0 Å². The highest BCUT2D eigenvalue weighted by atomic mass is 15.0. The minimum atomic E-state index is 0.616. The van der Waals surface area contributed by atoms with Gasteiger partial charge in [0.1, 0.15) is 5.65 Å². The molecule has 53 heavy (non-hydrogen) atoms. The zero-order valence-electron chi connectivity index (χ0n) is 28.6. The molecule has 0 atom stereocenters. The molecule has 11 rings (SSSR count). The lowest BCUT2D eigenvalue weighted by Crippen LogP contribution is -1.93. The summed E-state index contributed by atoms with van der Waals surface area (Å²) < 4.78 is 2.21. The van der Waals surface area contributed by atoms with Gasteiger partial charge >= 0.3 is 0 Å². The lowest BCUT2D eigenvalue weighted by molar-refractivity contribution is 1.32. The van der Waals surface area contributed by atoms with Gasteiger partial charge in [-0.1, -0.05) is 140 Å². The molecule has 2 aromatic heterocycles. The van der Waals surface area contributed by atoms with Gasteiger partial charge in [0, 0.05) is 16.3 Å². The van der Waals surface area contributed by atoms with E-state index in [1.165, 1.54) is 54.6 Å². The number of hydrogen-bond acceptors (Lipinski definition) is 1. The summed E-state index contributed by atoms with van der Waals surface area (Å²) in [7, 11) is 0. The molecule has 3 heteroatoms. The Morgan fingerprint density at radius 2 is 1.04 bits per heavy atom. The monoisotopic (exact) mass is 671 g/mol. The van der Waals surface area contributed by atoms with E-state index in [0.29, 0.717) is 5.69 Å². The van der Waals surface area contributed by atoms with Gasteiger partial charge < -0.3 is 0 Å². The van der Waals surface area contributed by atoms with Crippen molar-refractivity contribution in [3.8, 4) is 33.4 Å². The third-order valence-corrected chi connectivity index (χ3v) is 10.9. The third-order valence-electron chi connectivity index (χ3n) is 10.9. The van der Waals surface area contributed by atoms with Crippen LogP contribution in [0.1, 0.15) is 0 Å². The summed E-state index contributed by atoms with van der Waals surface area (Å²) in [6, 6.07) is 63.0. The fourth-order valence-corrected chi connectivity index (χ4v) is 8.62. The lowest BCUT2D eigenvalue weighted by atomic mass is 9.84. The van der Waals surface area contributed by atoms with E-state index in [2.05, 4.69) is 161 Å². The van der Waals surface area contributed by atoms with E-state index in [1.54, 1.807) is 0 Å². The van der Waals surface area contributed by atoms with Gasteiger partial charge in [0.2, 0.25) is 0 Å². The van der Waals surface area contributed by atoms with Crippen LogP contribution in [0.5, 0.6) is 0 Å². The second-order valence-corrected chi connectivity index (χ2v) is 13.8. The van der Waals surface area contributed by atoms with Gasteiger partial charge in [-0.05, 0) is 107 Å². The Kier molecular flexibility index (Phi) is 6.32. The minimum Gasteiger partial charge on any atom is -0.293 e. The molecule has 0 unspecified atom stereocenters. The van der Waals surface area contributed by atoms with Crippen molar-refractivity contribution in [2.45, 2.75) is 0 Å². The Hall–Kier alpha value is -7.28. The number of aromatic nitrogens is 2. The van der Waals surface area contributed by atoms with Crippen LogP contribution in [0.15, 0.2) is 176 Å². The van der Waals surface area contributed by atoms with Crippen LogP contribution in [-0.2, 0) is 0 Å². The summed E-state index contributed by atoms with van der Waals surface area (Å²) in [5.74, 6) is 0. The average molecular weight is 672 g/mol. The fraction of sp³-hybridized carbons (Fsp3) is 0. The molecular formula is C50H29N3. The van der Waals surface area contributed by atoms with Gasteiger partial charge in [0.25, 0.3) is 0 Å². The molecule has 2 heterocycles. The van der Waals surface area contributed by atoms with Crippen molar-refractivity contribution in [2.75, 3.05) is 0 Å². The van der Waals surface area contributed by atoms with E-state index >= 15 is 0 Å². The highest BCUT2D eigenvalue weighted by Crippen LogP contribution is 2.46. The molecule has 0 N–H and O–H groups in total. The maximum atomic E-state index is 7.74. The smallest absolute Gasteiger partial charge is 0.189 e. The van der Waals surface area contributed by atoms with Crippen molar-refractivity contribution in [1.82, 2.24) is 9.38 Å². The molecule has 0 aliphatic carbocycles. The number of para-hydroxylation sites is 2. The number of pyridine rings is 1. The Morgan fingerprint density at radius 1 is 0.415 bits per heavy atom. The molecule has 0 saturated carbocycles. The van der Waals surface area contributed by atoms with Crippen LogP contribution < -0.4 is 0 Å². The molecule has 0 spiro atoms. The van der Waals surface area contributed by atoms with Crippen LogP contribution in [0.2, 0.25) is 0 Å². The summed E-state index contributed by atoms with van der Waals surface area (Å²) in [5.41, 5.74) is 11.7. The van der Waals surface area contributed by atoms with Gasteiger partial charge in [0.15, 0.2) is 5.69 Å². The predicted molar refractivity (Wildman–Crippen MR) is 223 cm³/mol. The molecule has 11 aromatic rings. The fourth-order valence-electron chi connectivity index (χ4n) is 8.62. The second kappa shape index (κ2) is 11.4. The van der Waals surface area contributed by atoms with Crippen molar-refractivity contribution in [3.63, 3.8) is 0 Å². The molecule has 9 aromatic carbocycles. The van der Waals surface area contributed by atoms with Crippen LogP contribution >= 0.6 is 0 Å². The molecule has 3 nitrogen and oxygen atoms in total. The van der Waals surface area contributed by atoms with Crippen molar-refractivity contribution >= 4 is 76.4 Å². The Bertz CT molecular complexity index is 3300. The number of hydrogen-bond donors (Lipinski definition) is 0. The molecule has 0 bridgehead atoms. The average Bonchev–Trinajstić information content (AvgIpc) is 3.62. The topological polar surface area (TPSA) is 21.7 Å². The summed E-state index contributed by atoms with van der Waals surface area (Å²) in [4.78, 5) is 8.87. The molecule has 0 amide bonds. The molecule has 244 valence electrons. The Balaban J connectivity index is 1.15. The zero-order valence-corrected chi connectivity index (χ0v) is 28.6. The minimum absolute atomic E-state index is 0.616. The first-order valence-corrected chi connectivity index (χ1v) is 17.9. The van der Waals surface area contributed by atoms with E-state index in [0.717, 1.165) is 49.5 Å². The standard InChI is InChI=1S/C50H29N3/c1-51-35-25-27-37-44-29-33(24-26-43(44)50-52-45-22-8-9-23-46(45)53(50)47(37)30-35)32-14-10-15-34(28-32)48-39-17-4-6-19-41(39)49(42-20-7-5-18-40(42)48)38-21-11-13-31-12-2-3-16-36(31)38/h2-30H. The molecular weight excluding hydrogens is 643 g/mol. The van der Waals surface area contributed by atoms with Crippen molar-refractivity contribution in [1.29, 1.82) is 0 Å². The Labute approximate surface area is 305 Å². The summed E-state index contributed by atoms with van der Waals surface area (Å²) >= 11 is 0. The number of benzene rings is 9. The molecule has 0 aliphatic rings. The van der Waals surface area contributed by atoms with Gasteiger partial charge in [-0.25, -0.2) is 9.83 Å². The first-order valence-electron chi connectivity index (χ1n) is 17.9. The molecule has 0 aliphatic heterocycles. The molecule has 0 saturated heterocycles. The molecule has 0 fully saturated rings. The Morgan fingerprint density at radius 3 is 1.83 bits per heavy atom.